The molecule has 0 spiro atoms. The van der Waals surface area contributed by atoms with Crippen LogP contribution in [-0.2, 0) is 11.4 Å². The molecular weight excluding hydrogens is 394 g/mol. The first-order chi connectivity index (χ1) is 15.0. The third kappa shape index (κ3) is 4.53. The number of amides is 1. The molecule has 0 saturated carbocycles. The number of anilines is 1. The van der Waals surface area contributed by atoms with Gasteiger partial charge >= 0.3 is 5.97 Å². The molecule has 3 aromatic rings. The van der Waals surface area contributed by atoms with Crippen molar-refractivity contribution >= 4 is 17.6 Å². The predicted molar refractivity (Wildman–Crippen MR) is 117 cm³/mol. The van der Waals surface area contributed by atoms with Crippen LogP contribution in [0.5, 0.6) is 11.5 Å². The fourth-order valence-electron chi connectivity index (χ4n) is 3.78. The van der Waals surface area contributed by atoms with E-state index in [1.807, 2.05) is 54.6 Å². The molecule has 1 unspecified atom stereocenters. The lowest BCUT2D eigenvalue weighted by Gasteiger charge is -2.18. The number of nitrogens with zero attached hydrogens (tertiary/aromatic N) is 1. The minimum atomic E-state index is -1.04. The maximum Gasteiger partial charge on any atom is 0.339 e. The fourth-order valence-corrected chi connectivity index (χ4v) is 3.78. The Labute approximate surface area is 180 Å². The van der Waals surface area contributed by atoms with Gasteiger partial charge in [0, 0.05) is 24.6 Å². The van der Waals surface area contributed by atoms with E-state index < -0.39 is 5.97 Å². The van der Waals surface area contributed by atoms with E-state index >= 15 is 0 Å². The minimum absolute atomic E-state index is 0.0294. The molecule has 0 aliphatic carbocycles. The van der Waals surface area contributed by atoms with E-state index in [4.69, 9.17) is 9.47 Å². The highest BCUT2D eigenvalue weighted by Crippen LogP contribution is 2.34. The van der Waals surface area contributed by atoms with Gasteiger partial charge in [0.2, 0.25) is 5.91 Å². The molecule has 3 aromatic carbocycles. The molecule has 158 valence electrons. The summed E-state index contributed by atoms with van der Waals surface area (Å²) in [6, 6.07) is 22.4. The summed E-state index contributed by atoms with van der Waals surface area (Å²) in [5.74, 6) is 0.00481. The summed E-state index contributed by atoms with van der Waals surface area (Å²) in [4.78, 5) is 25.7. The highest BCUT2D eigenvalue weighted by atomic mass is 16.5. The number of aromatic carboxylic acids is 1. The largest absolute Gasteiger partial charge is 0.496 e. The van der Waals surface area contributed by atoms with Gasteiger partial charge in [0.25, 0.3) is 0 Å². The molecule has 1 N–H and O–H groups in total. The number of carbonyl (C=O) groups is 2. The number of methoxy groups -OCH3 is 1. The summed E-state index contributed by atoms with van der Waals surface area (Å²) in [6.07, 6.45) is 0.363. The summed E-state index contributed by atoms with van der Waals surface area (Å²) in [5, 5.41) is 9.26. The molecule has 1 fully saturated rings. The SMILES string of the molecule is COc1cc(C2CC(=O)N(c3ccc(OCc4ccccc4)cc3)C2)ccc1C(=O)O. The summed E-state index contributed by atoms with van der Waals surface area (Å²) in [5.41, 5.74) is 2.90. The number of hydrogen-bond donors (Lipinski definition) is 1. The monoisotopic (exact) mass is 417 g/mol. The number of ether oxygens (including phenoxy) is 2. The second-order valence-electron chi connectivity index (χ2n) is 7.44. The van der Waals surface area contributed by atoms with Crippen LogP contribution in [0.15, 0.2) is 72.8 Å². The molecule has 0 aromatic heterocycles. The van der Waals surface area contributed by atoms with Crippen molar-refractivity contribution < 1.29 is 24.2 Å². The Kier molecular flexibility index (Phi) is 5.89. The third-order valence-corrected chi connectivity index (χ3v) is 5.45. The van der Waals surface area contributed by atoms with Crippen LogP contribution in [0.3, 0.4) is 0 Å². The van der Waals surface area contributed by atoms with Gasteiger partial charge in [-0.3, -0.25) is 4.79 Å². The van der Waals surface area contributed by atoms with E-state index in [1.54, 1.807) is 17.0 Å². The lowest BCUT2D eigenvalue weighted by Crippen LogP contribution is -2.24. The second kappa shape index (κ2) is 8.92. The molecule has 6 nitrogen and oxygen atoms in total. The number of carboxylic acid groups (broad SMARTS) is 1. The van der Waals surface area contributed by atoms with E-state index in [2.05, 4.69) is 0 Å². The topological polar surface area (TPSA) is 76.1 Å². The number of carbonyl (C=O) groups excluding carboxylic acids is 1. The van der Waals surface area contributed by atoms with Crippen LogP contribution >= 0.6 is 0 Å². The summed E-state index contributed by atoms with van der Waals surface area (Å²) >= 11 is 0. The van der Waals surface area contributed by atoms with Crippen LogP contribution in [0.1, 0.15) is 33.8 Å². The Bertz CT molecular complexity index is 1080. The van der Waals surface area contributed by atoms with Crippen molar-refractivity contribution in [3.05, 3.63) is 89.5 Å². The maximum atomic E-state index is 12.7. The van der Waals surface area contributed by atoms with E-state index in [0.717, 1.165) is 22.6 Å². The van der Waals surface area contributed by atoms with Gasteiger partial charge in [0.05, 0.1) is 7.11 Å². The standard InChI is InChI=1S/C25H23NO5/c1-30-23-13-18(7-12-22(23)25(28)29)19-14-24(27)26(15-19)20-8-10-21(11-9-20)31-16-17-5-3-2-4-6-17/h2-13,19H,14-16H2,1H3,(H,28,29). The first-order valence-electron chi connectivity index (χ1n) is 10.0. The number of rotatable bonds is 7. The van der Waals surface area contributed by atoms with Crippen molar-refractivity contribution in [2.45, 2.75) is 18.9 Å². The Morgan fingerprint density at radius 2 is 1.81 bits per heavy atom. The summed E-state index contributed by atoms with van der Waals surface area (Å²) in [7, 11) is 1.44. The van der Waals surface area contributed by atoms with Crippen molar-refractivity contribution in [1.82, 2.24) is 0 Å². The van der Waals surface area contributed by atoms with Gasteiger partial charge in [-0.05, 0) is 47.5 Å². The van der Waals surface area contributed by atoms with Crippen LogP contribution in [0.25, 0.3) is 0 Å². The molecule has 1 heterocycles. The zero-order valence-electron chi connectivity index (χ0n) is 17.2. The fraction of sp³-hybridized carbons (Fsp3) is 0.200. The van der Waals surface area contributed by atoms with Crippen molar-refractivity contribution in [2.75, 3.05) is 18.6 Å². The first kappa shape index (κ1) is 20.5. The molecule has 1 aliphatic heterocycles. The van der Waals surface area contributed by atoms with Crippen molar-refractivity contribution in [3.8, 4) is 11.5 Å². The van der Waals surface area contributed by atoms with Crippen LogP contribution in [0, 0.1) is 0 Å². The number of carboxylic acids is 1. The smallest absolute Gasteiger partial charge is 0.339 e. The zero-order valence-corrected chi connectivity index (χ0v) is 17.2. The molecule has 1 atom stereocenters. The molecule has 1 aliphatic rings. The molecular formula is C25H23NO5. The highest BCUT2D eigenvalue weighted by Gasteiger charge is 2.32. The number of benzene rings is 3. The molecule has 1 saturated heterocycles. The molecule has 6 heteroatoms. The predicted octanol–water partition coefficient (Wildman–Crippen LogP) is 4.49. The second-order valence-corrected chi connectivity index (χ2v) is 7.44. The first-order valence-corrected chi connectivity index (χ1v) is 10.0. The van der Waals surface area contributed by atoms with E-state index in [1.165, 1.54) is 13.2 Å². The van der Waals surface area contributed by atoms with E-state index in [9.17, 15) is 14.7 Å². The van der Waals surface area contributed by atoms with Crippen LogP contribution in [0.4, 0.5) is 5.69 Å². The van der Waals surface area contributed by atoms with Crippen LogP contribution < -0.4 is 14.4 Å². The molecule has 0 bridgehead atoms. The van der Waals surface area contributed by atoms with Crippen molar-refractivity contribution in [3.63, 3.8) is 0 Å². The number of hydrogen-bond acceptors (Lipinski definition) is 4. The Morgan fingerprint density at radius 3 is 2.48 bits per heavy atom. The Balaban J connectivity index is 1.44. The van der Waals surface area contributed by atoms with Gasteiger partial charge in [0.15, 0.2) is 0 Å². The summed E-state index contributed by atoms with van der Waals surface area (Å²) in [6.45, 7) is 1.01. The Hall–Kier alpha value is -3.80. The van der Waals surface area contributed by atoms with Gasteiger partial charge in [-0.25, -0.2) is 4.79 Å². The van der Waals surface area contributed by atoms with E-state index in [0.29, 0.717) is 25.3 Å². The molecule has 31 heavy (non-hydrogen) atoms. The average molecular weight is 417 g/mol. The lowest BCUT2D eigenvalue weighted by molar-refractivity contribution is -0.117. The minimum Gasteiger partial charge on any atom is -0.496 e. The highest BCUT2D eigenvalue weighted by molar-refractivity contribution is 5.96. The molecule has 4 rings (SSSR count). The van der Waals surface area contributed by atoms with Gasteiger partial charge in [-0.15, -0.1) is 0 Å². The van der Waals surface area contributed by atoms with Crippen LogP contribution in [0.2, 0.25) is 0 Å². The third-order valence-electron chi connectivity index (χ3n) is 5.45. The average Bonchev–Trinajstić information content (AvgIpc) is 3.19. The maximum absolute atomic E-state index is 12.7. The van der Waals surface area contributed by atoms with Crippen molar-refractivity contribution in [2.24, 2.45) is 0 Å². The van der Waals surface area contributed by atoms with Gasteiger partial charge < -0.3 is 19.5 Å². The Morgan fingerprint density at radius 1 is 1.06 bits per heavy atom. The van der Waals surface area contributed by atoms with Gasteiger partial charge in [-0.2, -0.15) is 0 Å². The molecule has 1 amide bonds. The van der Waals surface area contributed by atoms with Crippen LogP contribution in [-0.4, -0.2) is 30.6 Å². The summed E-state index contributed by atoms with van der Waals surface area (Å²) < 4.78 is 11.0. The molecule has 0 radical (unpaired) electrons. The lowest BCUT2D eigenvalue weighted by atomic mass is 9.96. The van der Waals surface area contributed by atoms with Crippen molar-refractivity contribution in [1.29, 1.82) is 0 Å². The van der Waals surface area contributed by atoms with Gasteiger partial charge in [-0.1, -0.05) is 36.4 Å². The van der Waals surface area contributed by atoms with Gasteiger partial charge in [0.1, 0.15) is 23.7 Å². The zero-order chi connectivity index (χ0) is 21.8. The normalized spacial score (nSPS) is 15.7. The van der Waals surface area contributed by atoms with E-state index in [-0.39, 0.29) is 17.4 Å². The quantitative estimate of drug-likeness (QED) is 0.613.